The number of aromatic nitrogens is 2. The highest BCUT2D eigenvalue weighted by molar-refractivity contribution is 5.97. The van der Waals surface area contributed by atoms with Crippen molar-refractivity contribution in [3.05, 3.63) is 52.3 Å². The molecule has 0 radical (unpaired) electrons. The molecule has 1 N–H and O–H groups in total. The van der Waals surface area contributed by atoms with Crippen LogP contribution < -0.4 is 0 Å². The summed E-state index contributed by atoms with van der Waals surface area (Å²) >= 11 is 0. The van der Waals surface area contributed by atoms with Gasteiger partial charge in [-0.1, -0.05) is 23.4 Å². The fourth-order valence-electron chi connectivity index (χ4n) is 3.61. The monoisotopic (exact) mass is 291 g/mol. The molecule has 1 aliphatic heterocycles. The van der Waals surface area contributed by atoms with E-state index in [-0.39, 0.29) is 0 Å². The Morgan fingerprint density at radius 3 is 2.82 bits per heavy atom. The minimum atomic E-state index is 0.813. The van der Waals surface area contributed by atoms with Gasteiger partial charge >= 0.3 is 0 Å². The Balaban J connectivity index is 2.12. The lowest BCUT2D eigenvalue weighted by Gasteiger charge is -2.24. The van der Waals surface area contributed by atoms with Crippen LogP contribution in [0.2, 0.25) is 0 Å². The third kappa shape index (κ3) is 1.58. The summed E-state index contributed by atoms with van der Waals surface area (Å²) in [7, 11) is 0. The van der Waals surface area contributed by atoms with Crippen LogP contribution in [-0.4, -0.2) is 21.0 Å². The quantitative estimate of drug-likeness (QED) is 0.329. The first-order valence-electron chi connectivity index (χ1n) is 7.38. The second kappa shape index (κ2) is 4.44. The number of imidazole rings is 1. The minimum absolute atomic E-state index is 0.813. The van der Waals surface area contributed by atoms with Crippen molar-refractivity contribution < 1.29 is 5.21 Å². The maximum absolute atomic E-state index is 8.92. The van der Waals surface area contributed by atoms with E-state index in [0.717, 1.165) is 29.0 Å². The van der Waals surface area contributed by atoms with Crippen molar-refractivity contribution in [1.82, 2.24) is 9.55 Å². The number of aryl methyl sites for hydroxylation is 2. The Kier molecular flexibility index (Phi) is 2.64. The van der Waals surface area contributed by atoms with Crippen LogP contribution in [0, 0.1) is 20.8 Å². The van der Waals surface area contributed by atoms with Gasteiger partial charge in [0.15, 0.2) is 0 Å². The molecule has 1 aromatic heterocycles. The number of benzene rings is 2. The van der Waals surface area contributed by atoms with E-state index in [2.05, 4.69) is 52.8 Å². The number of nitrogens with zero attached hydrogens (tertiary/aromatic N) is 3. The Morgan fingerprint density at radius 1 is 1.23 bits per heavy atom. The molecule has 0 fully saturated rings. The predicted molar refractivity (Wildman–Crippen MR) is 87.9 cm³/mol. The second-order valence-corrected chi connectivity index (χ2v) is 5.92. The lowest BCUT2D eigenvalue weighted by Crippen LogP contribution is -2.12. The summed E-state index contributed by atoms with van der Waals surface area (Å²) in [5, 5.41) is 12.1. The van der Waals surface area contributed by atoms with E-state index in [9.17, 15) is 0 Å². The van der Waals surface area contributed by atoms with Gasteiger partial charge in [0.25, 0.3) is 0 Å². The van der Waals surface area contributed by atoms with Gasteiger partial charge in [-0.3, -0.25) is 0 Å². The number of fused-ring (bicyclic) bond motifs is 2. The third-order valence-electron chi connectivity index (χ3n) is 4.72. The molecular weight excluding hydrogens is 274 g/mol. The molecule has 0 bridgehead atoms. The van der Waals surface area contributed by atoms with Gasteiger partial charge in [-0.25, -0.2) is 4.98 Å². The first-order chi connectivity index (χ1) is 10.6. The van der Waals surface area contributed by atoms with E-state index in [0.29, 0.717) is 0 Å². The molecule has 4 nitrogen and oxygen atoms in total. The Labute approximate surface area is 128 Å². The van der Waals surface area contributed by atoms with Crippen LogP contribution >= 0.6 is 0 Å². The van der Waals surface area contributed by atoms with E-state index < -0.39 is 0 Å². The molecular formula is C18H17N3O. The number of para-hydroxylation sites is 1. The Bertz CT molecular complexity index is 951. The van der Waals surface area contributed by atoms with Crippen LogP contribution in [0.3, 0.4) is 0 Å². The molecule has 0 aliphatic carbocycles. The van der Waals surface area contributed by atoms with Crippen LogP contribution in [0.1, 0.15) is 28.1 Å². The largest absolute Gasteiger partial charge is 0.411 e. The Morgan fingerprint density at radius 2 is 2.05 bits per heavy atom. The van der Waals surface area contributed by atoms with Gasteiger partial charge in [-0.05, 0) is 49.1 Å². The molecule has 3 aromatic rings. The molecule has 4 heteroatoms. The van der Waals surface area contributed by atoms with Gasteiger partial charge in [0, 0.05) is 11.1 Å². The van der Waals surface area contributed by atoms with E-state index in [1.807, 2.05) is 6.92 Å². The average molecular weight is 291 g/mol. The third-order valence-corrected chi connectivity index (χ3v) is 4.72. The molecule has 22 heavy (non-hydrogen) atoms. The topological polar surface area (TPSA) is 50.4 Å². The zero-order chi connectivity index (χ0) is 15.4. The molecule has 0 amide bonds. The Hall–Kier alpha value is -2.62. The minimum Gasteiger partial charge on any atom is -0.411 e. The van der Waals surface area contributed by atoms with Crippen LogP contribution in [-0.2, 0) is 6.54 Å². The van der Waals surface area contributed by atoms with Crippen molar-refractivity contribution in [3.63, 3.8) is 0 Å². The van der Waals surface area contributed by atoms with E-state index in [1.54, 1.807) is 0 Å². The maximum atomic E-state index is 8.92. The number of oxime groups is 1. The van der Waals surface area contributed by atoms with Gasteiger partial charge in [0.1, 0.15) is 5.82 Å². The highest BCUT2D eigenvalue weighted by Gasteiger charge is 2.23. The van der Waals surface area contributed by atoms with Crippen molar-refractivity contribution in [3.8, 4) is 11.1 Å². The standard InChI is InChI=1S/C18H17N3O/c1-10-7-14-13-5-4-6-17-18(13)21(12(3)20-17)9-16(14)11(2)15(10)8-19-22/h4-8,22H,9H2,1-3H3/b19-8+. The normalized spacial score (nSPS) is 13.0. The average Bonchev–Trinajstić information content (AvgIpc) is 2.82. The lowest BCUT2D eigenvalue weighted by molar-refractivity contribution is 0.322. The van der Waals surface area contributed by atoms with Crippen LogP contribution in [0.25, 0.3) is 22.2 Å². The van der Waals surface area contributed by atoms with Crippen molar-refractivity contribution in [2.24, 2.45) is 5.16 Å². The second-order valence-electron chi connectivity index (χ2n) is 5.92. The molecule has 1 aliphatic rings. The summed E-state index contributed by atoms with van der Waals surface area (Å²) in [6.07, 6.45) is 1.53. The summed E-state index contributed by atoms with van der Waals surface area (Å²) in [4.78, 5) is 4.68. The smallest absolute Gasteiger partial charge is 0.107 e. The molecule has 0 atom stereocenters. The molecule has 0 saturated carbocycles. The van der Waals surface area contributed by atoms with Crippen molar-refractivity contribution in [2.45, 2.75) is 27.3 Å². The van der Waals surface area contributed by atoms with Crippen molar-refractivity contribution >= 4 is 17.2 Å². The molecule has 0 spiro atoms. The fraction of sp³-hybridized carbons (Fsp3) is 0.222. The molecule has 0 unspecified atom stereocenters. The fourth-order valence-corrected chi connectivity index (χ4v) is 3.61. The highest BCUT2D eigenvalue weighted by Crippen LogP contribution is 2.39. The number of rotatable bonds is 1. The van der Waals surface area contributed by atoms with Crippen LogP contribution in [0.15, 0.2) is 29.4 Å². The van der Waals surface area contributed by atoms with Crippen molar-refractivity contribution in [1.29, 1.82) is 0 Å². The lowest BCUT2D eigenvalue weighted by atomic mass is 9.87. The van der Waals surface area contributed by atoms with E-state index in [1.165, 1.54) is 34.0 Å². The predicted octanol–water partition coefficient (Wildman–Crippen LogP) is 3.80. The number of hydrogen-bond acceptors (Lipinski definition) is 3. The van der Waals surface area contributed by atoms with Gasteiger partial charge < -0.3 is 9.77 Å². The first kappa shape index (κ1) is 13.1. The van der Waals surface area contributed by atoms with Crippen molar-refractivity contribution in [2.75, 3.05) is 0 Å². The molecule has 2 aromatic carbocycles. The molecule has 110 valence electrons. The first-order valence-corrected chi connectivity index (χ1v) is 7.38. The summed E-state index contributed by atoms with van der Waals surface area (Å²) in [5.74, 6) is 1.03. The van der Waals surface area contributed by atoms with Gasteiger partial charge in [-0.15, -0.1) is 0 Å². The van der Waals surface area contributed by atoms with Crippen LogP contribution in [0.5, 0.6) is 0 Å². The zero-order valence-electron chi connectivity index (χ0n) is 12.9. The summed E-state index contributed by atoms with van der Waals surface area (Å²) in [6, 6.07) is 8.49. The highest BCUT2D eigenvalue weighted by atomic mass is 16.4. The number of hydrogen-bond donors (Lipinski definition) is 1. The van der Waals surface area contributed by atoms with Gasteiger partial charge in [0.05, 0.1) is 23.8 Å². The van der Waals surface area contributed by atoms with E-state index >= 15 is 0 Å². The van der Waals surface area contributed by atoms with Crippen LogP contribution in [0.4, 0.5) is 0 Å². The van der Waals surface area contributed by atoms with E-state index in [4.69, 9.17) is 5.21 Å². The zero-order valence-corrected chi connectivity index (χ0v) is 12.9. The SMILES string of the molecule is Cc1cc2c(c(C)c1/C=N/O)Cn1c(C)nc3cccc-2c31. The van der Waals surface area contributed by atoms with Gasteiger partial charge in [-0.2, -0.15) is 0 Å². The molecule has 2 heterocycles. The molecule has 0 saturated heterocycles. The summed E-state index contributed by atoms with van der Waals surface area (Å²) in [6.45, 7) is 7.02. The van der Waals surface area contributed by atoms with Gasteiger partial charge in [0.2, 0.25) is 0 Å². The summed E-state index contributed by atoms with van der Waals surface area (Å²) < 4.78 is 2.27. The maximum Gasteiger partial charge on any atom is 0.107 e. The molecule has 4 rings (SSSR count). The summed E-state index contributed by atoms with van der Waals surface area (Å²) in [5.41, 5.74) is 9.34.